The average molecular weight is 637 g/mol. The minimum absolute atomic E-state index is 0.0981. The fraction of sp³-hybridized carbons (Fsp3) is 0.296. The van der Waals surface area contributed by atoms with E-state index in [2.05, 4.69) is 21.2 Å². The predicted octanol–water partition coefficient (Wildman–Crippen LogP) is 4.86. The Labute approximate surface area is 238 Å². The molecule has 9 nitrogen and oxygen atoms in total. The summed E-state index contributed by atoms with van der Waals surface area (Å²) in [5.41, 5.74) is 0.647. The molecular formula is C27H30BrN3O6S2. The molecule has 39 heavy (non-hydrogen) atoms. The number of para-hydroxylation sites is 1. The Morgan fingerprint density at radius 1 is 0.923 bits per heavy atom. The molecule has 12 heteroatoms. The van der Waals surface area contributed by atoms with Gasteiger partial charge in [0.05, 0.1) is 17.7 Å². The van der Waals surface area contributed by atoms with Gasteiger partial charge in [-0.2, -0.15) is 4.31 Å². The summed E-state index contributed by atoms with van der Waals surface area (Å²) in [4.78, 5) is 13.1. The molecule has 1 N–H and O–H groups in total. The van der Waals surface area contributed by atoms with Gasteiger partial charge in [0, 0.05) is 23.2 Å². The number of methoxy groups -OCH3 is 1. The number of ether oxygens (including phenoxy) is 1. The molecule has 1 saturated heterocycles. The van der Waals surface area contributed by atoms with E-state index in [1.807, 2.05) is 0 Å². The average Bonchev–Trinajstić information content (AvgIpc) is 3.23. The second kappa shape index (κ2) is 12.5. The first-order chi connectivity index (χ1) is 18.6. The van der Waals surface area contributed by atoms with E-state index in [4.69, 9.17) is 4.74 Å². The van der Waals surface area contributed by atoms with Crippen LogP contribution in [0.4, 0.5) is 11.4 Å². The topological polar surface area (TPSA) is 113 Å². The highest BCUT2D eigenvalue weighted by Crippen LogP contribution is 2.32. The van der Waals surface area contributed by atoms with Crippen LogP contribution in [0.15, 0.2) is 87.1 Å². The van der Waals surface area contributed by atoms with Gasteiger partial charge < -0.3 is 10.1 Å². The van der Waals surface area contributed by atoms with Crippen LogP contribution in [0.3, 0.4) is 0 Å². The van der Waals surface area contributed by atoms with Gasteiger partial charge in [-0.15, -0.1) is 0 Å². The third kappa shape index (κ3) is 6.81. The number of benzene rings is 3. The molecule has 1 aliphatic heterocycles. The van der Waals surface area contributed by atoms with Crippen LogP contribution in [0, 0.1) is 0 Å². The fourth-order valence-electron chi connectivity index (χ4n) is 4.35. The van der Waals surface area contributed by atoms with E-state index in [1.165, 1.54) is 47.8 Å². The monoisotopic (exact) mass is 635 g/mol. The van der Waals surface area contributed by atoms with Crippen LogP contribution >= 0.6 is 15.9 Å². The number of amides is 1. The molecule has 3 aromatic carbocycles. The van der Waals surface area contributed by atoms with Crippen molar-refractivity contribution >= 4 is 53.3 Å². The number of carbonyl (C=O) groups is 1. The molecule has 208 valence electrons. The molecule has 0 aromatic heterocycles. The van der Waals surface area contributed by atoms with Crippen molar-refractivity contribution in [2.75, 3.05) is 36.4 Å². The van der Waals surface area contributed by atoms with Crippen LogP contribution in [0.1, 0.15) is 25.7 Å². The molecule has 1 heterocycles. The lowest BCUT2D eigenvalue weighted by molar-refractivity contribution is -0.114. The zero-order chi connectivity index (χ0) is 28.0. The summed E-state index contributed by atoms with van der Waals surface area (Å²) in [7, 11) is -6.47. The van der Waals surface area contributed by atoms with Crippen molar-refractivity contribution in [1.82, 2.24) is 4.31 Å². The predicted molar refractivity (Wildman–Crippen MR) is 154 cm³/mol. The molecule has 0 spiro atoms. The number of nitrogens with one attached hydrogen (secondary N) is 1. The van der Waals surface area contributed by atoms with Crippen molar-refractivity contribution in [1.29, 1.82) is 0 Å². The summed E-state index contributed by atoms with van der Waals surface area (Å²) < 4.78 is 61.9. The van der Waals surface area contributed by atoms with Gasteiger partial charge in [-0.3, -0.25) is 9.10 Å². The lowest BCUT2D eigenvalue weighted by atomic mass is 10.2. The molecule has 0 unspecified atom stereocenters. The maximum Gasteiger partial charge on any atom is 0.268 e. The molecule has 1 fully saturated rings. The Morgan fingerprint density at radius 2 is 1.56 bits per heavy atom. The van der Waals surface area contributed by atoms with Gasteiger partial charge in [-0.05, 0) is 67.4 Å². The first kappa shape index (κ1) is 29.1. The second-order valence-corrected chi connectivity index (χ2v) is 13.7. The van der Waals surface area contributed by atoms with E-state index >= 15 is 0 Å². The second-order valence-electron chi connectivity index (χ2n) is 9.03. The van der Waals surface area contributed by atoms with Crippen molar-refractivity contribution in [3.63, 3.8) is 0 Å². The van der Waals surface area contributed by atoms with Crippen molar-refractivity contribution in [2.45, 2.75) is 35.5 Å². The standard InChI is InChI=1S/C27H30BrN3O6S2/c1-37-25-16-11-21(28)19-26(25)39(35,36)31(23-9-5-4-6-10-23)20-27(32)29-22-12-14-24(15-13-22)38(33,34)30-17-7-2-3-8-18-30/h4-6,9-16,19H,2-3,7-8,17-18,20H2,1H3,(H,29,32). The molecule has 0 saturated carbocycles. The number of hydrogen-bond acceptors (Lipinski definition) is 6. The molecule has 0 radical (unpaired) electrons. The summed E-state index contributed by atoms with van der Waals surface area (Å²) >= 11 is 3.30. The van der Waals surface area contributed by atoms with Crippen LogP contribution in [-0.4, -0.2) is 53.8 Å². The molecule has 0 bridgehead atoms. The molecule has 3 aromatic rings. The van der Waals surface area contributed by atoms with E-state index < -0.39 is 32.5 Å². The Balaban J connectivity index is 1.56. The summed E-state index contributed by atoms with van der Waals surface area (Å²) in [6.07, 6.45) is 3.70. The van der Waals surface area contributed by atoms with Crippen LogP contribution in [0.2, 0.25) is 0 Å². The molecule has 1 amide bonds. The molecule has 0 aliphatic carbocycles. The van der Waals surface area contributed by atoms with Gasteiger partial charge in [0.25, 0.3) is 10.0 Å². The van der Waals surface area contributed by atoms with Crippen LogP contribution < -0.4 is 14.4 Å². The molecule has 4 rings (SSSR count). The third-order valence-corrected chi connectivity index (χ3v) is 10.6. The van der Waals surface area contributed by atoms with Gasteiger partial charge in [0.15, 0.2) is 0 Å². The van der Waals surface area contributed by atoms with Gasteiger partial charge in [0.2, 0.25) is 15.9 Å². The number of hydrogen-bond donors (Lipinski definition) is 1. The highest BCUT2D eigenvalue weighted by Gasteiger charge is 2.30. The maximum absolute atomic E-state index is 13.8. The Bertz CT molecular complexity index is 1510. The SMILES string of the molecule is COc1ccc(Br)cc1S(=O)(=O)N(CC(=O)Nc1ccc(S(=O)(=O)N2CCCCCC2)cc1)c1ccccc1. The summed E-state index contributed by atoms with van der Waals surface area (Å²) in [5.74, 6) is -0.458. The zero-order valence-electron chi connectivity index (χ0n) is 21.4. The first-order valence-electron chi connectivity index (χ1n) is 12.4. The van der Waals surface area contributed by atoms with Crippen LogP contribution in [0.5, 0.6) is 5.75 Å². The Morgan fingerprint density at radius 3 is 2.18 bits per heavy atom. The summed E-state index contributed by atoms with van der Waals surface area (Å²) in [6.45, 7) is 0.469. The number of anilines is 2. The highest BCUT2D eigenvalue weighted by atomic mass is 79.9. The van der Waals surface area contributed by atoms with E-state index in [-0.39, 0.29) is 15.5 Å². The minimum atomic E-state index is -4.22. The highest BCUT2D eigenvalue weighted by molar-refractivity contribution is 9.10. The number of rotatable bonds is 9. The van der Waals surface area contributed by atoms with Gasteiger partial charge in [0.1, 0.15) is 17.2 Å². The first-order valence-corrected chi connectivity index (χ1v) is 16.1. The van der Waals surface area contributed by atoms with Crippen molar-refractivity contribution in [2.24, 2.45) is 0 Å². The van der Waals surface area contributed by atoms with E-state index in [1.54, 1.807) is 36.4 Å². The van der Waals surface area contributed by atoms with Crippen molar-refractivity contribution in [3.8, 4) is 5.75 Å². The zero-order valence-corrected chi connectivity index (χ0v) is 24.6. The van der Waals surface area contributed by atoms with Crippen LogP contribution in [-0.2, 0) is 24.8 Å². The van der Waals surface area contributed by atoms with Crippen molar-refractivity contribution < 1.29 is 26.4 Å². The smallest absolute Gasteiger partial charge is 0.268 e. The van der Waals surface area contributed by atoms with Crippen molar-refractivity contribution in [3.05, 3.63) is 77.3 Å². The normalized spacial score (nSPS) is 14.8. The summed E-state index contributed by atoms with van der Waals surface area (Å²) in [5, 5.41) is 2.68. The largest absolute Gasteiger partial charge is 0.495 e. The number of nitrogens with zero attached hydrogens (tertiary/aromatic N) is 2. The van der Waals surface area contributed by atoms with Gasteiger partial charge >= 0.3 is 0 Å². The quantitative estimate of drug-likeness (QED) is 0.359. The summed E-state index contributed by atoms with van der Waals surface area (Å²) in [6, 6.07) is 18.8. The van der Waals surface area contributed by atoms with Crippen LogP contribution in [0.25, 0.3) is 0 Å². The number of sulfonamides is 2. The third-order valence-electron chi connectivity index (χ3n) is 6.37. The lowest BCUT2D eigenvalue weighted by Crippen LogP contribution is -2.38. The van der Waals surface area contributed by atoms with E-state index in [9.17, 15) is 21.6 Å². The maximum atomic E-state index is 13.8. The Kier molecular flexibility index (Phi) is 9.31. The Hall–Kier alpha value is -2.93. The fourth-order valence-corrected chi connectivity index (χ4v) is 7.99. The van der Waals surface area contributed by atoms with Gasteiger partial charge in [-0.25, -0.2) is 16.8 Å². The molecule has 1 aliphatic rings. The van der Waals surface area contributed by atoms with E-state index in [0.717, 1.165) is 30.0 Å². The lowest BCUT2D eigenvalue weighted by Gasteiger charge is -2.25. The number of halogens is 1. The number of carbonyl (C=O) groups excluding carboxylic acids is 1. The molecule has 0 atom stereocenters. The molecular weight excluding hydrogens is 606 g/mol. The van der Waals surface area contributed by atoms with E-state index in [0.29, 0.717) is 28.9 Å². The minimum Gasteiger partial charge on any atom is -0.495 e. The van der Waals surface area contributed by atoms with Gasteiger partial charge in [-0.1, -0.05) is 47.0 Å².